The molecule has 0 saturated heterocycles. The number of rotatable bonds is 1. The fourth-order valence-electron chi connectivity index (χ4n) is 4.02. The molecule has 4 nitrogen and oxygen atoms in total. The van der Waals surface area contributed by atoms with Crippen LogP contribution in [0, 0.1) is 12.3 Å². The van der Waals surface area contributed by atoms with Crippen LogP contribution in [0.3, 0.4) is 0 Å². The average Bonchev–Trinajstić information content (AvgIpc) is 2.70. The third-order valence-electron chi connectivity index (χ3n) is 5.22. The number of fused-ring (bicyclic) bond motifs is 1. The molecule has 4 rings (SSSR count). The molecule has 0 spiro atoms. The lowest BCUT2D eigenvalue weighted by atomic mass is 9.73. The standard InChI is InChI=1S/C22H24N2O2/c1-13-8-9-15-16(10-13)24-21(14-6-4-5-7-18(14)25)20-17(23-15)11-22(2,3)12-19(20)26/h4-10,21,23-25H,11-12H2,1-3H3. The number of anilines is 2. The maximum atomic E-state index is 13.1. The summed E-state index contributed by atoms with van der Waals surface area (Å²) in [6.45, 7) is 6.29. The lowest BCUT2D eigenvalue weighted by Crippen LogP contribution is -2.31. The monoisotopic (exact) mass is 348 g/mol. The van der Waals surface area contributed by atoms with Gasteiger partial charge in [0.05, 0.1) is 17.4 Å². The van der Waals surface area contributed by atoms with Gasteiger partial charge in [0.25, 0.3) is 0 Å². The van der Waals surface area contributed by atoms with Crippen LogP contribution in [0.25, 0.3) is 0 Å². The first kappa shape index (κ1) is 16.7. The summed E-state index contributed by atoms with van der Waals surface area (Å²) in [5.41, 5.74) is 5.38. The van der Waals surface area contributed by atoms with E-state index in [-0.39, 0.29) is 23.0 Å². The molecule has 0 bridgehead atoms. The molecule has 1 heterocycles. The minimum atomic E-state index is -0.370. The van der Waals surface area contributed by atoms with Crippen molar-refractivity contribution >= 4 is 17.2 Å². The van der Waals surface area contributed by atoms with Gasteiger partial charge in [0.15, 0.2) is 5.78 Å². The van der Waals surface area contributed by atoms with Crippen molar-refractivity contribution in [2.75, 3.05) is 10.6 Å². The summed E-state index contributed by atoms with van der Waals surface area (Å²) < 4.78 is 0. The number of ketones is 1. The minimum absolute atomic E-state index is 0.0819. The summed E-state index contributed by atoms with van der Waals surface area (Å²) in [4.78, 5) is 13.1. The Morgan fingerprint density at radius 1 is 1.08 bits per heavy atom. The molecule has 134 valence electrons. The van der Waals surface area contributed by atoms with Crippen molar-refractivity contribution in [3.8, 4) is 5.75 Å². The highest BCUT2D eigenvalue weighted by Crippen LogP contribution is 2.46. The number of para-hydroxylation sites is 1. The van der Waals surface area contributed by atoms with E-state index in [2.05, 4.69) is 36.6 Å². The third-order valence-corrected chi connectivity index (χ3v) is 5.22. The topological polar surface area (TPSA) is 61.4 Å². The van der Waals surface area contributed by atoms with E-state index in [4.69, 9.17) is 0 Å². The number of phenolic OH excluding ortho intramolecular Hbond substituents is 1. The summed E-state index contributed by atoms with van der Waals surface area (Å²) in [6, 6.07) is 13.0. The number of aryl methyl sites for hydroxylation is 1. The van der Waals surface area contributed by atoms with Crippen LogP contribution in [0.5, 0.6) is 5.75 Å². The molecule has 0 radical (unpaired) electrons. The van der Waals surface area contributed by atoms with E-state index in [1.807, 2.05) is 25.1 Å². The Hall–Kier alpha value is -2.75. The van der Waals surface area contributed by atoms with Gasteiger partial charge in [-0.15, -0.1) is 0 Å². The van der Waals surface area contributed by atoms with Crippen LogP contribution in [-0.4, -0.2) is 10.9 Å². The van der Waals surface area contributed by atoms with Gasteiger partial charge in [0.2, 0.25) is 0 Å². The molecule has 2 aromatic carbocycles. The van der Waals surface area contributed by atoms with Crippen molar-refractivity contribution in [2.45, 2.75) is 39.7 Å². The third kappa shape index (κ3) is 2.85. The van der Waals surface area contributed by atoms with Crippen LogP contribution >= 0.6 is 0 Å². The SMILES string of the molecule is Cc1ccc2c(c1)NC(c1ccccc1O)C1=C(CC(C)(C)CC1=O)N2. The van der Waals surface area contributed by atoms with Crippen molar-refractivity contribution < 1.29 is 9.90 Å². The second-order valence-corrected chi connectivity index (χ2v) is 8.14. The van der Waals surface area contributed by atoms with Crippen molar-refractivity contribution in [1.29, 1.82) is 0 Å². The van der Waals surface area contributed by atoms with Crippen molar-refractivity contribution in [1.82, 2.24) is 0 Å². The molecule has 0 saturated carbocycles. The molecular formula is C22H24N2O2. The van der Waals surface area contributed by atoms with Gasteiger partial charge in [-0.05, 0) is 42.5 Å². The van der Waals surface area contributed by atoms with Gasteiger partial charge < -0.3 is 15.7 Å². The van der Waals surface area contributed by atoms with Crippen LogP contribution in [-0.2, 0) is 4.79 Å². The molecule has 26 heavy (non-hydrogen) atoms. The number of phenols is 1. The molecule has 0 aromatic heterocycles. The van der Waals surface area contributed by atoms with E-state index < -0.39 is 0 Å². The lowest BCUT2D eigenvalue weighted by Gasteiger charge is -2.34. The second-order valence-electron chi connectivity index (χ2n) is 8.14. The highest BCUT2D eigenvalue weighted by molar-refractivity contribution is 6.01. The Balaban J connectivity index is 1.92. The molecule has 0 fully saturated rings. The van der Waals surface area contributed by atoms with Gasteiger partial charge in [-0.1, -0.05) is 38.1 Å². The van der Waals surface area contributed by atoms with E-state index >= 15 is 0 Å². The van der Waals surface area contributed by atoms with Crippen molar-refractivity contribution in [3.63, 3.8) is 0 Å². The fraction of sp³-hybridized carbons (Fsp3) is 0.318. The van der Waals surface area contributed by atoms with Gasteiger partial charge >= 0.3 is 0 Å². The maximum absolute atomic E-state index is 13.1. The largest absolute Gasteiger partial charge is 0.508 e. The highest BCUT2D eigenvalue weighted by Gasteiger charge is 2.39. The number of carbonyl (C=O) groups excluding carboxylic acids is 1. The van der Waals surface area contributed by atoms with Crippen LogP contribution in [0.1, 0.15) is 43.9 Å². The van der Waals surface area contributed by atoms with Gasteiger partial charge in [-0.25, -0.2) is 0 Å². The Labute approximate surface area is 153 Å². The predicted molar refractivity (Wildman–Crippen MR) is 104 cm³/mol. The number of aromatic hydroxyl groups is 1. The van der Waals surface area contributed by atoms with E-state index in [1.165, 1.54) is 0 Å². The number of Topliss-reactive ketones (excluding diaryl/α,β-unsaturated/α-hetero) is 1. The molecule has 3 N–H and O–H groups in total. The highest BCUT2D eigenvalue weighted by atomic mass is 16.3. The molecular weight excluding hydrogens is 324 g/mol. The minimum Gasteiger partial charge on any atom is -0.508 e. The first-order valence-electron chi connectivity index (χ1n) is 9.02. The Bertz CT molecular complexity index is 927. The van der Waals surface area contributed by atoms with Gasteiger partial charge in [0, 0.05) is 23.3 Å². The number of hydrogen-bond donors (Lipinski definition) is 3. The molecule has 2 aliphatic rings. The van der Waals surface area contributed by atoms with E-state index in [1.54, 1.807) is 12.1 Å². The maximum Gasteiger partial charge on any atom is 0.163 e. The Kier molecular flexibility index (Phi) is 3.79. The van der Waals surface area contributed by atoms with Crippen molar-refractivity contribution in [3.05, 3.63) is 64.9 Å². The van der Waals surface area contributed by atoms with Crippen molar-refractivity contribution in [2.24, 2.45) is 5.41 Å². The first-order valence-corrected chi connectivity index (χ1v) is 9.02. The van der Waals surface area contributed by atoms with Crippen LogP contribution < -0.4 is 10.6 Å². The number of carbonyl (C=O) groups is 1. The summed E-state index contributed by atoms with van der Waals surface area (Å²) in [6.07, 6.45) is 1.31. The van der Waals surface area contributed by atoms with Gasteiger partial charge in [-0.2, -0.15) is 0 Å². The van der Waals surface area contributed by atoms with Gasteiger partial charge in [-0.3, -0.25) is 4.79 Å². The van der Waals surface area contributed by atoms with Crippen LogP contribution in [0.15, 0.2) is 53.7 Å². The number of hydrogen-bond acceptors (Lipinski definition) is 4. The van der Waals surface area contributed by atoms with Gasteiger partial charge in [0.1, 0.15) is 5.75 Å². The van der Waals surface area contributed by atoms with Crippen LogP contribution in [0.2, 0.25) is 0 Å². The Morgan fingerprint density at radius 3 is 2.62 bits per heavy atom. The summed E-state index contributed by atoms with van der Waals surface area (Å²) in [5.74, 6) is 0.333. The van der Waals surface area contributed by atoms with E-state index in [9.17, 15) is 9.90 Å². The molecule has 1 atom stereocenters. The molecule has 2 aromatic rings. The molecule has 1 unspecified atom stereocenters. The molecule has 1 aliphatic carbocycles. The average molecular weight is 348 g/mol. The number of benzene rings is 2. The lowest BCUT2D eigenvalue weighted by molar-refractivity contribution is -0.118. The summed E-state index contributed by atoms with van der Waals surface area (Å²) in [7, 11) is 0. The Morgan fingerprint density at radius 2 is 1.85 bits per heavy atom. The molecule has 4 heteroatoms. The smallest absolute Gasteiger partial charge is 0.163 e. The van der Waals surface area contributed by atoms with Crippen LogP contribution in [0.4, 0.5) is 11.4 Å². The van der Waals surface area contributed by atoms with E-state index in [0.29, 0.717) is 6.42 Å². The quantitative estimate of drug-likeness (QED) is 0.684. The predicted octanol–water partition coefficient (Wildman–Crippen LogP) is 4.92. The molecule has 0 amide bonds. The zero-order valence-corrected chi connectivity index (χ0v) is 15.4. The van der Waals surface area contributed by atoms with E-state index in [0.717, 1.165) is 40.2 Å². The second kappa shape index (κ2) is 5.90. The summed E-state index contributed by atoms with van der Waals surface area (Å²) in [5, 5.41) is 17.5. The zero-order valence-electron chi connectivity index (χ0n) is 15.4. The normalized spacial score (nSPS) is 21.2. The number of allylic oxidation sites excluding steroid dienone is 1. The summed E-state index contributed by atoms with van der Waals surface area (Å²) >= 11 is 0. The number of nitrogens with one attached hydrogen (secondary N) is 2. The first-order chi connectivity index (χ1) is 12.3. The zero-order chi connectivity index (χ0) is 18.5. The molecule has 1 aliphatic heterocycles. The fourth-order valence-corrected chi connectivity index (χ4v) is 4.02.